The third-order valence-corrected chi connectivity index (χ3v) is 1.50. The van der Waals surface area contributed by atoms with Crippen LogP contribution >= 0.6 is 11.3 Å². The van der Waals surface area contributed by atoms with Gasteiger partial charge in [-0.2, -0.15) is 0 Å². The predicted molar refractivity (Wildman–Crippen MR) is 39.5 cm³/mol. The van der Waals surface area contributed by atoms with Crippen molar-refractivity contribution in [2.75, 3.05) is 0 Å². The monoisotopic (exact) mass is 159 g/mol. The first kappa shape index (κ1) is 7.34. The lowest BCUT2D eigenvalue weighted by molar-refractivity contribution is 0.241. The molecule has 1 N–H and O–H groups in total. The van der Waals surface area contributed by atoms with Gasteiger partial charge in [0, 0.05) is 0 Å². The van der Waals surface area contributed by atoms with Gasteiger partial charge in [-0.05, 0) is 25.2 Å². The van der Waals surface area contributed by atoms with Crippen molar-refractivity contribution in [3.63, 3.8) is 0 Å². The van der Waals surface area contributed by atoms with Crippen LogP contribution in [0, 0.1) is 0 Å². The zero-order valence-corrected chi connectivity index (χ0v) is 6.68. The van der Waals surface area contributed by atoms with E-state index >= 15 is 0 Å². The molecule has 0 amide bonds. The maximum Gasteiger partial charge on any atom is 0.276 e. The van der Waals surface area contributed by atoms with Gasteiger partial charge in [-0.1, -0.05) is 0 Å². The molecule has 0 spiro atoms. The first-order valence-corrected chi connectivity index (χ1v) is 3.81. The molecule has 1 heterocycles. The molecule has 1 aromatic rings. The van der Waals surface area contributed by atoms with E-state index in [1.807, 2.05) is 13.8 Å². The van der Waals surface area contributed by atoms with E-state index in [0.717, 1.165) is 11.3 Å². The number of rotatable bonds is 2. The van der Waals surface area contributed by atoms with Crippen molar-refractivity contribution in [2.45, 2.75) is 20.0 Å². The predicted octanol–water partition coefficient (Wildman–Crippen LogP) is 1.64. The van der Waals surface area contributed by atoms with Crippen molar-refractivity contribution in [2.24, 2.45) is 0 Å². The van der Waals surface area contributed by atoms with Crippen LogP contribution in [0.25, 0.3) is 0 Å². The molecule has 10 heavy (non-hydrogen) atoms. The Morgan fingerprint density at radius 3 is 2.80 bits per heavy atom. The van der Waals surface area contributed by atoms with E-state index in [9.17, 15) is 0 Å². The molecule has 0 fully saturated rings. The number of hydrogen-bond donors (Lipinski definition) is 1. The number of nitrogens with zero attached hydrogens (tertiary/aromatic N) is 1. The third kappa shape index (κ3) is 1.88. The molecule has 4 heteroatoms. The lowest BCUT2D eigenvalue weighted by atomic mass is 10.5. The molecular weight excluding hydrogens is 150 g/mol. The highest BCUT2D eigenvalue weighted by Crippen LogP contribution is 2.26. The Morgan fingerprint density at radius 2 is 2.40 bits per heavy atom. The van der Waals surface area contributed by atoms with Gasteiger partial charge in [-0.15, -0.1) is 0 Å². The summed E-state index contributed by atoms with van der Waals surface area (Å²) >= 11 is 1.14. The van der Waals surface area contributed by atoms with E-state index in [-0.39, 0.29) is 11.2 Å². The molecule has 0 aliphatic carbocycles. The maximum absolute atomic E-state index is 8.84. The van der Waals surface area contributed by atoms with E-state index in [2.05, 4.69) is 4.98 Å². The number of hydrogen-bond acceptors (Lipinski definition) is 4. The topological polar surface area (TPSA) is 42.4 Å². The summed E-state index contributed by atoms with van der Waals surface area (Å²) in [4.78, 5) is 3.80. The van der Waals surface area contributed by atoms with Gasteiger partial charge in [-0.3, -0.25) is 0 Å². The number of aromatic nitrogens is 1. The van der Waals surface area contributed by atoms with Crippen LogP contribution in [0.15, 0.2) is 6.20 Å². The highest BCUT2D eigenvalue weighted by Gasteiger charge is 2.01. The minimum atomic E-state index is 0.116. The molecule has 0 unspecified atom stereocenters. The van der Waals surface area contributed by atoms with Crippen molar-refractivity contribution >= 4 is 11.3 Å². The zero-order chi connectivity index (χ0) is 7.56. The molecule has 0 radical (unpaired) electrons. The number of thiazole rings is 1. The molecule has 0 saturated heterocycles. The summed E-state index contributed by atoms with van der Waals surface area (Å²) in [7, 11) is 0. The van der Waals surface area contributed by atoms with E-state index in [0.29, 0.717) is 5.19 Å². The average Bonchev–Trinajstić information content (AvgIpc) is 2.13. The van der Waals surface area contributed by atoms with Crippen LogP contribution in [0.4, 0.5) is 0 Å². The fourth-order valence-corrected chi connectivity index (χ4v) is 1.14. The molecular formula is C6H9NO2S. The molecule has 0 saturated carbocycles. The van der Waals surface area contributed by atoms with Crippen LogP contribution in [0.1, 0.15) is 13.8 Å². The SMILES string of the molecule is CC(C)Oc1ncc(O)s1. The van der Waals surface area contributed by atoms with Gasteiger partial charge in [0.1, 0.15) is 0 Å². The smallest absolute Gasteiger partial charge is 0.276 e. The van der Waals surface area contributed by atoms with Crippen LogP contribution in [-0.4, -0.2) is 16.2 Å². The van der Waals surface area contributed by atoms with Crippen LogP contribution < -0.4 is 4.74 Å². The van der Waals surface area contributed by atoms with Crippen LogP contribution in [0.5, 0.6) is 10.3 Å². The summed E-state index contributed by atoms with van der Waals surface area (Å²) in [5, 5.41) is 9.55. The minimum Gasteiger partial charge on any atom is -0.498 e. The first-order valence-electron chi connectivity index (χ1n) is 3.00. The fraction of sp³-hybridized carbons (Fsp3) is 0.500. The largest absolute Gasteiger partial charge is 0.498 e. The molecule has 0 atom stereocenters. The standard InChI is InChI=1S/C6H9NO2S/c1-4(2)9-6-7-3-5(8)10-6/h3-4,8H,1-2H3. The van der Waals surface area contributed by atoms with E-state index in [1.165, 1.54) is 6.20 Å². The number of aromatic hydroxyl groups is 1. The molecule has 0 bridgehead atoms. The maximum atomic E-state index is 8.84. The Bertz CT molecular complexity index is 209. The molecule has 0 aliphatic heterocycles. The summed E-state index contributed by atoms with van der Waals surface area (Å²) in [6, 6.07) is 0. The zero-order valence-electron chi connectivity index (χ0n) is 5.87. The minimum absolute atomic E-state index is 0.116. The van der Waals surface area contributed by atoms with Gasteiger partial charge in [0.2, 0.25) is 0 Å². The molecule has 0 aliphatic rings. The summed E-state index contributed by atoms with van der Waals surface area (Å²) < 4.78 is 5.18. The average molecular weight is 159 g/mol. The Kier molecular flexibility index (Phi) is 2.11. The van der Waals surface area contributed by atoms with Crippen LogP contribution in [0.2, 0.25) is 0 Å². The van der Waals surface area contributed by atoms with Gasteiger partial charge in [0.25, 0.3) is 5.19 Å². The molecule has 56 valence electrons. The van der Waals surface area contributed by atoms with Crippen molar-refractivity contribution in [1.82, 2.24) is 4.98 Å². The highest BCUT2D eigenvalue weighted by molar-refractivity contribution is 7.15. The van der Waals surface area contributed by atoms with Crippen molar-refractivity contribution < 1.29 is 9.84 Å². The highest BCUT2D eigenvalue weighted by atomic mass is 32.1. The molecule has 1 aromatic heterocycles. The fourth-order valence-electron chi connectivity index (χ4n) is 0.506. The van der Waals surface area contributed by atoms with Gasteiger partial charge < -0.3 is 9.84 Å². The van der Waals surface area contributed by atoms with Gasteiger partial charge in [0.15, 0.2) is 5.06 Å². The Balaban J connectivity index is 2.58. The Labute approximate surface area is 63.3 Å². The third-order valence-electron chi connectivity index (χ3n) is 0.809. The van der Waals surface area contributed by atoms with Gasteiger partial charge in [-0.25, -0.2) is 4.98 Å². The molecule has 0 aromatic carbocycles. The lowest BCUT2D eigenvalue weighted by Gasteiger charge is -2.03. The quantitative estimate of drug-likeness (QED) is 0.713. The van der Waals surface area contributed by atoms with Gasteiger partial charge in [0.05, 0.1) is 12.3 Å². The second-order valence-electron chi connectivity index (χ2n) is 2.13. The summed E-state index contributed by atoms with van der Waals surface area (Å²) in [6.07, 6.45) is 1.49. The van der Waals surface area contributed by atoms with E-state index < -0.39 is 0 Å². The van der Waals surface area contributed by atoms with Crippen LogP contribution in [-0.2, 0) is 0 Å². The first-order chi connectivity index (χ1) is 4.68. The Hall–Kier alpha value is -0.770. The second kappa shape index (κ2) is 2.88. The van der Waals surface area contributed by atoms with Crippen molar-refractivity contribution in [3.8, 4) is 10.3 Å². The molecule has 1 rings (SSSR count). The lowest BCUT2D eigenvalue weighted by Crippen LogP contribution is -2.04. The normalized spacial score (nSPS) is 10.3. The number of ether oxygens (including phenoxy) is 1. The Morgan fingerprint density at radius 1 is 1.70 bits per heavy atom. The second-order valence-corrected chi connectivity index (χ2v) is 3.10. The van der Waals surface area contributed by atoms with Crippen molar-refractivity contribution in [1.29, 1.82) is 0 Å². The van der Waals surface area contributed by atoms with Crippen molar-refractivity contribution in [3.05, 3.63) is 6.20 Å². The summed E-state index contributed by atoms with van der Waals surface area (Å²) in [5.74, 6) is 0. The van der Waals surface area contributed by atoms with E-state index in [1.54, 1.807) is 0 Å². The van der Waals surface area contributed by atoms with E-state index in [4.69, 9.17) is 9.84 Å². The van der Waals surface area contributed by atoms with Gasteiger partial charge >= 0.3 is 0 Å². The van der Waals surface area contributed by atoms with Crippen LogP contribution in [0.3, 0.4) is 0 Å². The summed E-state index contributed by atoms with van der Waals surface area (Å²) in [6.45, 7) is 3.83. The summed E-state index contributed by atoms with van der Waals surface area (Å²) in [5.41, 5.74) is 0. The molecule has 3 nitrogen and oxygen atoms in total.